The number of fused-ring (bicyclic) bond motifs is 1. The van der Waals surface area contributed by atoms with Crippen molar-refractivity contribution in [3.8, 4) is 16.9 Å². The number of aliphatic carboxylic acids is 1. The van der Waals surface area contributed by atoms with Crippen molar-refractivity contribution < 1.29 is 19.5 Å². The van der Waals surface area contributed by atoms with Crippen molar-refractivity contribution in [3.05, 3.63) is 84.6 Å². The number of para-hydroxylation sites is 1. The van der Waals surface area contributed by atoms with Gasteiger partial charge in [-0.2, -0.15) is 5.10 Å². The normalized spacial score (nSPS) is 11.7. The van der Waals surface area contributed by atoms with Gasteiger partial charge >= 0.3 is 5.97 Å². The first-order valence-corrected chi connectivity index (χ1v) is 12.5. The lowest BCUT2D eigenvalue weighted by atomic mass is 10.0. The number of rotatable bonds is 10. The minimum atomic E-state index is -0.975. The molecule has 0 fully saturated rings. The molecule has 1 aromatic heterocycles. The molecule has 4 aromatic rings. The van der Waals surface area contributed by atoms with Gasteiger partial charge in [-0.05, 0) is 35.0 Å². The van der Waals surface area contributed by atoms with Crippen molar-refractivity contribution in [1.29, 1.82) is 0 Å². The maximum absolute atomic E-state index is 13.0. The van der Waals surface area contributed by atoms with E-state index < -0.39 is 17.1 Å². The summed E-state index contributed by atoms with van der Waals surface area (Å²) in [7, 11) is 0. The second-order valence-electron chi connectivity index (χ2n) is 8.20. The van der Waals surface area contributed by atoms with Crippen LogP contribution < -0.4 is 10.6 Å². The van der Waals surface area contributed by atoms with Gasteiger partial charge in [0.2, 0.25) is 5.91 Å². The van der Waals surface area contributed by atoms with Gasteiger partial charge < -0.3 is 15.7 Å². The number of nitrogens with zero attached hydrogens (tertiary/aromatic N) is 2. The Morgan fingerprint density at radius 3 is 2.39 bits per heavy atom. The minimum Gasteiger partial charge on any atom is -0.481 e. The Morgan fingerprint density at radius 1 is 0.944 bits per heavy atom. The quantitative estimate of drug-likeness (QED) is 0.282. The van der Waals surface area contributed by atoms with E-state index in [9.17, 15) is 19.5 Å². The Balaban J connectivity index is 1.59. The summed E-state index contributed by atoms with van der Waals surface area (Å²) in [6.07, 6.45) is -0.147. The largest absolute Gasteiger partial charge is 0.481 e. The average molecular weight is 503 g/mol. The fourth-order valence-electron chi connectivity index (χ4n) is 3.76. The van der Waals surface area contributed by atoms with E-state index in [1.165, 1.54) is 18.7 Å². The maximum atomic E-state index is 13.0. The summed E-state index contributed by atoms with van der Waals surface area (Å²) in [5.41, 5.74) is 2.72. The molecule has 3 N–H and O–H groups in total. The third-order valence-corrected chi connectivity index (χ3v) is 6.64. The zero-order chi connectivity index (χ0) is 25.5. The predicted octanol–water partition coefficient (Wildman–Crippen LogP) is 4.09. The van der Waals surface area contributed by atoms with Gasteiger partial charge in [-0.15, -0.1) is 11.8 Å². The van der Waals surface area contributed by atoms with Gasteiger partial charge in [0.1, 0.15) is 0 Å². The van der Waals surface area contributed by atoms with E-state index in [4.69, 9.17) is 0 Å². The predicted molar refractivity (Wildman–Crippen MR) is 141 cm³/mol. The lowest BCUT2D eigenvalue weighted by molar-refractivity contribution is -0.137. The van der Waals surface area contributed by atoms with Gasteiger partial charge in [0, 0.05) is 24.3 Å². The topological polar surface area (TPSA) is 113 Å². The van der Waals surface area contributed by atoms with Crippen molar-refractivity contribution in [2.24, 2.45) is 0 Å². The summed E-state index contributed by atoms with van der Waals surface area (Å²) >= 11 is 1.27. The van der Waals surface area contributed by atoms with Gasteiger partial charge in [0.05, 0.1) is 23.7 Å². The summed E-state index contributed by atoms with van der Waals surface area (Å²) in [4.78, 5) is 35.4. The molecule has 1 unspecified atom stereocenters. The molecule has 8 nitrogen and oxygen atoms in total. The van der Waals surface area contributed by atoms with E-state index in [2.05, 4.69) is 21.8 Å². The molecule has 0 bridgehead atoms. The number of nitrogens with one attached hydrogen (secondary N) is 2. The van der Waals surface area contributed by atoms with Crippen molar-refractivity contribution in [3.63, 3.8) is 0 Å². The molecule has 1 heterocycles. The SMILES string of the molecule is CC(=O)NCSC(CNC(=O)c1cc(-c2ccc3ccccc3c2)n(-c2ccccc2)n1)CC(=O)O. The maximum Gasteiger partial charge on any atom is 0.304 e. The Morgan fingerprint density at radius 2 is 1.67 bits per heavy atom. The fraction of sp³-hybridized carbons (Fsp3) is 0.185. The minimum absolute atomic E-state index is 0.124. The second kappa shape index (κ2) is 11.5. The molecular weight excluding hydrogens is 476 g/mol. The summed E-state index contributed by atoms with van der Waals surface area (Å²) in [6, 6.07) is 25.5. The van der Waals surface area contributed by atoms with Crippen molar-refractivity contribution >= 4 is 40.3 Å². The molecule has 4 rings (SSSR count). The van der Waals surface area contributed by atoms with Crippen LogP contribution in [0.3, 0.4) is 0 Å². The molecule has 0 aliphatic carbocycles. The molecule has 2 amide bonds. The number of thioether (sulfide) groups is 1. The summed E-state index contributed by atoms with van der Waals surface area (Å²) in [5, 5.41) is 21.0. The van der Waals surface area contributed by atoms with E-state index in [-0.39, 0.29) is 30.4 Å². The molecule has 184 valence electrons. The first kappa shape index (κ1) is 25.0. The van der Waals surface area contributed by atoms with E-state index in [1.54, 1.807) is 10.7 Å². The highest BCUT2D eigenvalue weighted by Gasteiger charge is 2.20. The third-order valence-electron chi connectivity index (χ3n) is 5.52. The van der Waals surface area contributed by atoms with Crippen molar-refractivity contribution in [1.82, 2.24) is 20.4 Å². The molecule has 0 saturated carbocycles. The number of carboxylic acid groups (broad SMARTS) is 1. The van der Waals surface area contributed by atoms with Crippen LogP contribution in [-0.2, 0) is 9.59 Å². The van der Waals surface area contributed by atoms with Gasteiger partial charge in [0.15, 0.2) is 5.69 Å². The van der Waals surface area contributed by atoms with Crippen LogP contribution in [-0.4, -0.2) is 50.3 Å². The second-order valence-corrected chi connectivity index (χ2v) is 9.49. The molecule has 0 spiro atoms. The number of amides is 2. The van der Waals surface area contributed by atoms with Crippen LogP contribution in [0.2, 0.25) is 0 Å². The molecule has 0 radical (unpaired) electrons. The molecule has 36 heavy (non-hydrogen) atoms. The van der Waals surface area contributed by atoms with Crippen LogP contribution >= 0.6 is 11.8 Å². The van der Waals surface area contributed by atoms with E-state index >= 15 is 0 Å². The highest BCUT2D eigenvalue weighted by atomic mass is 32.2. The number of carbonyl (C=O) groups excluding carboxylic acids is 2. The first-order chi connectivity index (χ1) is 17.4. The lowest BCUT2D eigenvalue weighted by Gasteiger charge is -2.15. The Kier molecular flexibility index (Phi) is 8.02. The number of hydrogen-bond acceptors (Lipinski definition) is 5. The highest BCUT2D eigenvalue weighted by Crippen LogP contribution is 2.27. The summed E-state index contributed by atoms with van der Waals surface area (Å²) in [5.74, 6) is -1.32. The van der Waals surface area contributed by atoms with E-state index in [1.807, 2.05) is 66.7 Å². The molecule has 0 aliphatic rings. The van der Waals surface area contributed by atoms with E-state index in [0.29, 0.717) is 0 Å². The van der Waals surface area contributed by atoms with Crippen molar-refractivity contribution in [2.75, 3.05) is 12.4 Å². The fourth-order valence-corrected chi connectivity index (χ4v) is 4.74. The van der Waals surface area contributed by atoms with Crippen LogP contribution in [0.4, 0.5) is 0 Å². The molecule has 0 aliphatic heterocycles. The molecule has 1 atom stereocenters. The molecule has 3 aromatic carbocycles. The van der Waals surface area contributed by atoms with Gasteiger partial charge in [-0.3, -0.25) is 14.4 Å². The Labute approximate surface area is 212 Å². The molecule has 9 heteroatoms. The number of aromatic nitrogens is 2. The lowest BCUT2D eigenvalue weighted by Crippen LogP contribution is -2.33. The number of hydrogen-bond donors (Lipinski definition) is 3. The van der Waals surface area contributed by atoms with Gasteiger partial charge in [-0.1, -0.05) is 54.6 Å². The van der Waals surface area contributed by atoms with Crippen LogP contribution in [0.25, 0.3) is 27.7 Å². The Hall–Kier alpha value is -4.11. The molecule has 0 saturated heterocycles. The van der Waals surface area contributed by atoms with Crippen LogP contribution in [0.15, 0.2) is 78.9 Å². The number of benzene rings is 3. The van der Waals surface area contributed by atoms with Crippen LogP contribution in [0, 0.1) is 0 Å². The summed E-state index contributed by atoms with van der Waals surface area (Å²) in [6.45, 7) is 1.52. The standard InChI is InChI=1S/C27H26N4O4S/c1-18(32)29-17-36-23(14-26(33)34)16-28-27(35)24-15-25(31(30-24)22-9-3-2-4-10-22)21-12-11-19-7-5-6-8-20(19)13-21/h2-13,15,23H,14,16-17H2,1H3,(H,28,35)(H,29,32)(H,33,34). The van der Waals surface area contributed by atoms with Gasteiger partial charge in [-0.25, -0.2) is 4.68 Å². The van der Waals surface area contributed by atoms with Crippen molar-refractivity contribution in [2.45, 2.75) is 18.6 Å². The van der Waals surface area contributed by atoms with E-state index in [0.717, 1.165) is 27.7 Å². The van der Waals surface area contributed by atoms with Gasteiger partial charge in [0.25, 0.3) is 5.91 Å². The highest BCUT2D eigenvalue weighted by molar-refractivity contribution is 7.99. The summed E-state index contributed by atoms with van der Waals surface area (Å²) < 4.78 is 1.74. The zero-order valence-corrected chi connectivity index (χ0v) is 20.5. The van der Waals surface area contributed by atoms with Crippen LogP contribution in [0.5, 0.6) is 0 Å². The monoisotopic (exact) mass is 502 g/mol. The third kappa shape index (κ3) is 6.31. The number of carboxylic acids is 1. The first-order valence-electron chi connectivity index (χ1n) is 11.4. The van der Waals surface area contributed by atoms with Crippen LogP contribution in [0.1, 0.15) is 23.8 Å². The Bertz CT molecular complexity index is 1390. The smallest absolute Gasteiger partial charge is 0.304 e. The average Bonchev–Trinajstić information content (AvgIpc) is 3.32. The number of carbonyl (C=O) groups is 3. The molecular formula is C27H26N4O4S. The zero-order valence-electron chi connectivity index (χ0n) is 19.7.